The van der Waals surface area contributed by atoms with Crippen molar-refractivity contribution in [2.75, 3.05) is 6.54 Å². The lowest BCUT2D eigenvalue weighted by Gasteiger charge is -2.31. The van der Waals surface area contributed by atoms with Gasteiger partial charge in [-0.15, -0.1) is 0 Å². The first-order chi connectivity index (χ1) is 10.3. The highest BCUT2D eigenvalue weighted by molar-refractivity contribution is 5.20. The second-order valence-corrected chi connectivity index (χ2v) is 7.75. The van der Waals surface area contributed by atoms with Crippen molar-refractivity contribution in [3.8, 4) is 0 Å². The molecule has 2 heteroatoms. The van der Waals surface area contributed by atoms with E-state index in [9.17, 15) is 0 Å². The SMILES string of the molecule is C/C=C/NC/C=C/NC1=C/CC(C)(C)CCC(C)(C)C/C=C\1. The Hall–Kier alpha value is -1.44. The summed E-state index contributed by atoms with van der Waals surface area (Å²) in [7, 11) is 0. The molecule has 124 valence electrons. The fourth-order valence-electron chi connectivity index (χ4n) is 2.42. The lowest BCUT2D eigenvalue weighted by atomic mass is 9.75. The molecule has 1 aliphatic carbocycles. The lowest BCUT2D eigenvalue weighted by Crippen LogP contribution is -2.19. The highest BCUT2D eigenvalue weighted by Crippen LogP contribution is 2.36. The van der Waals surface area contributed by atoms with Crippen molar-refractivity contribution in [3.63, 3.8) is 0 Å². The van der Waals surface area contributed by atoms with E-state index in [2.05, 4.69) is 62.6 Å². The average Bonchev–Trinajstić information content (AvgIpc) is 2.45. The van der Waals surface area contributed by atoms with Crippen molar-refractivity contribution < 1.29 is 0 Å². The Labute approximate surface area is 137 Å². The predicted molar refractivity (Wildman–Crippen MR) is 98.3 cm³/mol. The Morgan fingerprint density at radius 2 is 1.73 bits per heavy atom. The highest BCUT2D eigenvalue weighted by Gasteiger charge is 2.23. The molecule has 1 rings (SSSR count). The third kappa shape index (κ3) is 8.11. The minimum absolute atomic E-state index is 0.368. The standard InChI is InChI=1S/C20H34N2/c1-6-15-21-16-8-17-22-18-9-7-11-19(2,3)13-14-20(4,5)12-10-18/h6-10,15,17,21-22H,11-14,16H2,1-5H3/b9-7-,15-6+,17-8+,18-10+. The Kier molecular flexibility index (Phi) is 7.50. The van der Waals surface area contributed by atoms with E-state index in [4.69, 9.17) is 0 Å². The van der Waals surface area contributed by atoms with Gasteiger partial charge < -0.3 is 10.6 Å². The van der Waals surface area contributed by atoms with E-state index >= 15 is 0 Å². The molecule has 1 aliphatic rings. The van der Waals surface area contributed by atoms with Crippen LogP contribution in [0.5, 0.6) is 0 Å². The van der Waals surface area contributed by atoms with Gasteiger partial charge in [0.1, 0.15) is 0 Å². The summed E-state index contributed by atoms with van der Waals surface area (Å²) in [6.07, 6.45) is 19.8. The summed E-state index contributed by atoms with van der Waals surface area (Å²) < 4.78 is 0. The second-order valence-electron chi connectivity index (χ2n) is 7.75. The van der Waals surface area contributed by atoms with Crippen LogP contribution in [-0.2, 0) is 0 Å². The molecule has 0 saturated carbocycles. The van der Waals surface area contributed by atoms with E-state index in [0.717, 1.165) is 19.4 Å². The minimum Gasteiger partial charge on any atom is -0.388 e. The van der Waals surface area contributed by atoms with Crippen LogP contribution in [-0.4, -0.2) is 6.54 Å². The molecule has 0 fully saturated rings. The van der Waals surface area contributed by atoms with Crippen LogP contribution in [0, 0.1) is 10.8 Å². The molecule has 0 aromatic rings. The Morgan fingerprint density at radius 3 is 2.41 bits per heavy atom. The zero-order valence-corrected chi connectivity index (χ0v) is 15.1. The zero-order chi connectivity index (χ0) is 16.5. The van der Waals surface area contributed by atoms with Gasteiger partial charge in [0.25, 0.3) is 0 Å². The summed E-state index contributed by atoms with van der Waals surface area (Å²) in [6.45, 7) is 12.3. The molecule has 2 nitrogen and oxygen atoms in total. The first-order valence-corrected chi connectivity index (χ1v) is 8.47. The van der Waals surface area contributed by atoms with E-state index < -0.39 is 0 Å². The van der Waals surface area contributed by atoms with Crippen LogP contribution < -0.4 is 10.6 Å². The monoisotopic (exact) mass is 302 g/mol. The fourth-order valence-corrected chi connectivity index (χ4v) is 2.42. The van der Waals surface area contributed by atoms with Crippen molar-refractivity contribution in [3.05, 3.63) is 48.5 Å². The largest absolute Gasteiger partial charge is 0.388 e. The first-order valence-electron chi connectivity index (χ1n) is 8.47. The van der Waals surface area contributed by atoms with Gasteiger partial charge in [0.2, 0.25) is 0 Å². The lowest BCUT2D eigenvalue weighted by molar-refractivity contribution is 0.241. The average molecular weight is 303 g/mol. The molecule has 0 saturated heterocycles. The van der Waals surface area contributed by atoms with Crippen molar-refractivity contribution in [1.82, 2.24) is 10.6 Å². The van der Waals surface area contributed by atoms with Gasteiger partial charge in [0.15, 0.2) is 0 Å². The first kappa shape index (κ1) is 18.6. The third-order valence-corrected chi connectivity index (χ3v) is 4.21. The van der Waals surface area contributed by atoms with Crippen LogP contribution in [0.1, 0.15) is 60.3 Å². The highest BCUT2D eigenvalue weighted by atomic mass is 14.9. The molecule has 0 bridgehead atoms. The van der Waals surface area contributed by atoms with Gasteiger partial charge in [0, 0.05) is 12.2 Å². The third-order valence-electron chi connectivity index (χ3n) is 4.21. The maximum absolute atomic E-state index is 3.41. The van der Waals surface area contributed by atoms with Crippen molar-refractivity contribution in [1.29, 1.82) is 0 Å². The van der Waals surface area contributed by atoms with Crippen LogP contribution in [0.2, 0.25) is 0 Å². The van der Waals surface area contributed by atoms with Gasteiger partial charge in [-0.3, -0.25) is 0 Å². The number of hydrogen-bond acceptors (Lipinski definition) is 2. The molecule has 2 N–H and O–H groups in total. The predicted octanol–water partition coefficient (Wildman–Crippen LogP) is 5.28. The van der Waals surface area contributed by atoms with Crippen LogP contribution in [0.3, 0.4) is 0 Å². The molecule has 0 aromatic heterocycles. The van der Waals surface area contributed by atoms with E-state index in [1.54, 1.807) is 0 Å². The molecule has 0 aromatic carbocycles. The number of hydrogen-bond donors (Lipinski definition) is 2. The van der Waals surface area contributed by atoms with Crippen molar-refractivity contribution >= 4 is 0 Å². The van der Waals surface area contributed by atoms with E-state index in [0.29, 0.717) is 10.8 Å². The van der Waals surface area contributed by atoms with E-state index in [1.165, 1.54) is 18.5 Å². The molecule has 0 spiro atoms. The quantitative estimate of drug-likeness (QED) is 0.675. The van der Waals surface area contributed by atoms with Gasteiger partial charge in [0.05, 0.1) is 0 Å². The Bertz CT molecular complexity index is 437. The molecule has 0 amide bonds. The summed E-state index contributed by atoms with van der Waals surface area (Å²) in [6, 6.07) is 0. The normalized spacial score (nSPS) is 25.6. The molecule has 0 unspecified atom stereocenters. The van der Waals surface area contributed by atoms with Gasteiger partial charge in [-0.1, -0.05) is 45.9 Å². The fraction of sp³-hybridized carbons (Fsp3) is 0.600. The molecule has 22 heavy (non-hydrogen) atoms. The topological polar surface area (TPSA) is 24.1 Å². The van der Waals surface area contributed by atoms with Crippen LogP contribution >= 0.6 is 0 Å². The molecule has 0 aliphatic heterocycles. The maximum atomic E-state index is 3.41. The van der Waals surface area contributed by atoms with E-state index in [-0.39, 0.29) is 0 Å². The summed E-state index contributed by atoms with van der Waals surface area (Å²) in [4.78, 5) is 0. The van der Waals surface area contributed by atoms with Crippen molar-refractivity contribution in [2.45, 2.75) is 60.3 Å². The number of nitrogens with one attached hydrogen (secondary N) is 2. The van der Waals surface area contributed by atoms with Gasteiger partial charge >= 0.3 is 0 Å². The van der Waals surface area contributed by atoms with Crippen LogP contribution in [0.25, 0.3) is 0 Å². The van der Waals surface area contributed by atoms with E-state index in [1.807, 2.05) is 25.4 Å². The van der Waals surface area contributed by atoms with Crippen molar-refractivity contribution in [2.24, 2.45) is 10.8 Å². The molecular formula is C20H34N2. The summed E-state index contributed by atoms with van der Waals surface area (Å²) in [5.41, 5.74) is 1.96. The Morgan fingerprint density at radius 1 is 1.05 bits per heavy atom. The molecular weight excluding hydrogens is 268 g/mol. The smallest absolute Gasteiger partial charge is 0.0342 e. The van der Waals surface area contributed by atoms with Crippen LogP contribution in [0.4, 0.5) is 0 Å². The number of rotatable bonds is 5. The van der Waals surface area contributed by atoms with Gasteiger partial charge in [-0.05, 0) is 68.0 Å². The summed E-state index contributed by atoms with van der Waals surface area (Å²) in [5, 5.41) is 6.60. The van der Waals surface area contributed by atoms with Gasteiger partial charge in [-0.25, -0.2) is 0 Å². The number of allylic oxidation sites excluding steroid dienone is 4. The molecule has 0 radical (unpaired) electrons. The maximum Gasteiger partial charge on any atom is 0.0342 e. The second kappa shape index (κ2) is 8.87. The summed E-state index contributed by atoms with van der Waals surface area (Å²) >= 11 is 0. The Balaban J connectivity index is 2.66. The summed E-state index contributed by atoms with van der Waals surface area (Å²) in [5.74, 6) is 0. The minimum atomic E-state index is 0.368. The molecule has 0 atom stereocenters. The van der Waals surface area contributed by atoms with Gasteiger partial charge in [-0.2, -0.15) is 0 Å². The zero-order valence-electron chi connectivity index (χ0n) is 15.1. The van der Waals surface area contributed by atoms with Crippen LogP contribution in [0.15, 0.2) is 48.5 Å². The molecule has 0 heterocycles.